The molecule has 0 saturated carbocycles. The zero-order chi connectivity index (χ0) is 16.3. The summed E-state index contributed by atoms with van der Waals surface area (Å²) in [4.78, 5) is 11.7. The SMILES string of the molecule is CC(C)(C)C(Cl)C(C)(CCl)C(Oc1ccccc1)C(=O)O. The van der Waals surface area contributed by atoms with Crippen LogP contribution in [0.2, 0.25) is 0 Å². The molecular formula is C16H22Cl2O3. The number of hydrogen-bond donors (Lipinski definition) is 1. The lowest BCUT2D eigenvalue weighted by atomic mass is 9.72. The van der Waals surface area contributed by atoms with Crippen LogP contribution < -0.4 is 4.74 Å². The lowest BCUT2D eigenvalue weighted by molar-refractivity contribution is -0.151. The molecule has 0 radical (unpaired) electrons. The van der Waals surface area contributed by atoms with Crippen molar-refractivity contribution >= 4 is 29.2 Å². The summed E-state index contributed by atoms with van der Waals surface area (Å²) in [6, 6.07) is 8.83. The van der Waals surface area contributed by atoms with Crippen LogP contribution in [0.1, 0.15) is 27.7 Å². The smallest absolute Gasteiger partial charge is 0.345 e. The van der Waals surface area contributed by atoms with Crippen LogP contribution in [0.15, 0.2) is 30.3 Å². The van der Waals surface area contributed by atoms with Gasteiger partial charge in [-0.2, -0.15) is 0 Å². The molecule has 0 heterocycles. The van der Waals surface area contributed by atoms with Gasteiger partial charge in [-0.3, -0.25) is 0 Å². The Bertz CT molecular complexity index is 470. The fourth-order valence-electron chi connectivity index (χ4n) is 2.36. The Balaban J connectivity index is 3.15. The van der Waals surface area contributed by atoms with Gasteiger partial charge in [-0.1, -0.05) is 45.9 Å². The topological polar surface area (TPSA) is 46.5 Å². The third-order valence-corrected chi connectivity index (χ3v) is 5.18. The van der Waals surface area contributed by atoms with Crippen LogP contribution in [0.3, 0.4) is 0 Å². The molecule has 0 aliphatic carbocycles. The average molecular weight is 333 g/mol. The summed E-state index contributed by atoms with van der Waals surface area (Å²) >= 11 is 12.6. The van der Waals surface area contributed by atoms with Gasteiger partial charge in [-0.25, -0.2) is 4.79 Å². The number of rotatable bonds is 6. The van der Waals surface area contributed by atoms with E-state index in [4.69, 9.17) is 27.9 Å². The highest BCUT2D eigenvalue weighted by molar-refractivity contribution is 6.24. The average Bonchev–Trinajstić information content (AvgIpc) is 2.43. The van der Waals surface area contributed by atoms with E-state index in [9.17, 15) is 9.90 Å². The molecule has 0 amide bonds. The number of alkyl halides is 2. The quantitative estimate of drug-likeness (QED) is 0.784. The van der Waals surface area contributed by atoms with Gasteiger partial charge in [-0.05, 0) is 17.5 Å². The maximum atomic E-state index is 11.7. The summed E-state index contributed by atoms with van der Waals surface area (Å²) in [7, 11) is 0. The second-order valence-electron chi connectivity index (χ2n) is 6.52. The molecule has 0 fully saturated rings. The molecule has 0 aromatic heterocycles. The van der Waals surface area contributed by atoms with Gasteiger partial charge < -0.3 is 9.84 Å². The maximum Gasteiger partial charge on any atom is 0.345 e. The molecule has 0 saturated heterocycles. The number of hydrogen-bond acceptors (Lipinski definition) is 2. The summed E-state index contributed by atoms with van der Waals surface area (Å²) in [6.45, 7) is 7.62. The van der Waals surface area contributed by atoms with Gasteiger partial charge in [0.15, 0.2) is 0 Å². The molecule has 3 unspecified atom stereocenters. The molecule has 1 aromatic rings. The number of aliphatic carboxylic acids is 1. The number of halogens is 2. The number of para-hydroxylation sites is 1. The van der Waals surface area contributed by atoms with E-state index < -0.39 is 22.9 Å². The third-order valence-electron chi connectivity index (χ3n) is 3.45. The van der Waals surface area contributed by atoms with Crippen molar-refractivity contribution in [3.05, 3.63) is 30.3 Å². The largest absolute Gasteiger partial charge is 0.478 e. The van der Waals surface area contributed by atoms with Crippen LogP contribution in [-0.4, -0.2) is 28.4 Å². The Kier molecular flexibility index (Phi) is 5.94. The van der Waals surface area contributed by atoms with Crippen molar-refractivity contribution in [2.24, 2.45) is 10.8 Å². The van der Waals surface area contributed by atoms with Gasteiger partial charge >= 0.3 is 5.97 Å². The van der Waals surface area contributed by atoms with E-state index in [0.717, 1.165) is 0 Å². The summed E-state index contributed by atoms with van der Waals surface area (Å²) in [5.41, 5.74) is -1.22. The van der Waals surface area contributed by atoms with Crippen LogP contribution in [0.4, 0.5) is 0 Å². The van der Waals surface area contributed by atoms with E-state index in [1.54, 1.807) is 31.2 Å². The number of carbonyl (C=O) groups is 1. The van der Waals surface area contributed by atoms with Crippen LogP contribution in [-0.2, 0) is 4.79 Å². The van der Waals surface area contributed by atoms with E-state index in [2.05, 4.69) is 0 Å². The molecule has 5 heteroatoms. The molecule has 0 bridgehead atoms. The van der Waals surface area contributed by atoms with Crippen molar-refractivity contribution in [2.75, 3.05) is 5.88 Å². The summed E-state index contributed by atoms with van der Waals surface area (Å²) in [5, 5.41) is 9.11. The van der Waals surface area contributed by atoms with Crippen molar-refractivity contribution in [1.29, 1.82) is 0 Å². The fourth-order valence-corrected chi connectivity index (χ4v) is 2.93. The van der Waals surface area contributed by atoms with E-state index in [1.165, 1.54) is 0 Å². The van der Waals surface area contributed by atoms with E-state index in [0.29, 0.717) is 5.75 Å². The zero-order valence-electron chi connectivity index (χ0n) is 12.8. The molecule has 0 aliphatic heterocycles. The molecule has 0 aliphatic rings. The van der Waals surface area contributed by atoms with Crippen LogP contribution in [0.25, 0.3) is 0 Å². The van der Waals surface area contributed by atoms with Crippen molar-refractivity contribution < 1.29 is 14.6 Å². The van der Waals surface area contributed by atoms with Crippen LogP contribution >= 0.6 is 23.2 Å². The predicted octanol–water partition coefficient (Wildman–Crippen LogP) is 4.42. The highest BCUT2D eigenvalue weighted by Gasteiger charge is 2.50. The lowest BCUT2D eigenvalue weighted by Crippen LogP contribution is -2.53. The van der Waals surface area contributed by atoms with Gasteiger partial charge in [0, 0.05) is 16.7 Å². The van der Waals surface area contributed by atoms with Gasteiger partial charge in [0.25, 0.3) is 0 Å². The zero-order valence-corrected chi connectivity index (χ0v) is 14.3. The maximum absolute atomic E-state index is 11.7. The van der Waals surface area contributed by atoms with Gasteiger partial charge in [0.2, 0.25) is 6.10 Å². The Morgan fingerprint density at radius 1 is 1.24 bits per heavy atom. The highest BCUT2D eigenvalue weighted by Crippen LogP contribution is 2.43. The van der Waals surface area contributed by atoms with Crippen molar-refractivity contribution in [3.8, 4) is 5.75 Å². The Morgan fingerprint density at radius 2 is 1.76 bits per heavy atom. The molecule has 21 heavy (non-hydrogen) atoms. The predicted molar refractivity (Wildman–Crippen MR) is 86.4 cm³/mol. The molecule has 1 rings (SSSR count). The molecule has 1 N–H and O–H groups in total. The minimum absolute atomic E-state index is 0.0856. The summed E-state index contributed by atoms with van der Waals surface area (Å²) in [6.07, 6.45) is -1.13. The van der Waals surface area contributed by atoms with Crippen molar-refractivity contribution in [1.82, 2.24) is 0 Å². The molecule has 118 valence electrons. The molecule has 0 spiro atoms. The molecule has 1 aromatic carbocycles. The third kappa shape index (κ3) is 4.27. The van der Waals surface area contributed by atoms with E-state index >= 15 is 0 Å². The first-order valence-electron chi connectivity index (χ1n) is 6.77. The molecular weight excluding hydrogens is 311 g/mol. The second-order valence-corrected chi connectivity index (χ2v) is 7.22. The van der Waals surface area contributed by atoms with E-state index in [1.807, 2.05) is 26.8 Å². The first-order valence-corrected chi connectivity index (χ1v) is 7.74. The van der Waals surface area contributed by atoms with Crippen LogP contribution in [0.5, 0.6) is 5.75 Å². The summed E-state index contributed by atoms with van der Waals surface area (Å²) < 4.78 is 5.68. The highest BCUT2D eigenvalue weighted by atomic mass is 35.5. The van der Waals surface area contributed by atoms with Gasteiger partial charge in [0.05, 0.1) is 0 Å². The molecule has 3 nitrogen and oxygen atoms in total. The Morgan fingerprint density at radius 3 is 2.14 bits per heavy atom. The minimum atomic E-state index is -1.13. The number of ether oxygens (including phenoxy) is 1. The molecule has 3 atom stereocenters. The Labute approximate surface area is 136 Å². The normalized spacial score (nSPS) is 17.6. The Hall–Kier alpha value is -0.930. The van der Waals surface area contributed by atoms with Crippen molar-refractivity contribution in [3.63, 3.8) is 0 Å². The number of carboxylic acid groups (broad SMARTS) is 1. The second kappa shape index (κ2) is 6.89. The monoisotopic (exact) mass is 332 g/mol. The fraction of sp³-hybridized carbons (Fsp3) is 0.562. The van der Waals surface area contributed by atoms with Gasteiger partial charge in [-0.15, -0.1) is 23.2 Å². The summed E-state index contributed by atoms with van der Waals surface area (Å²) in [5.74, 6) is -0.502. The number of benzene rings is 1. The lowest BCUT2D eigenvalue weighted by Gasteiger charge is -2.43. The minimum Gasteiger partial charge on any atom is -0.478 e. The first-order chi connectivity index (χ1) is 9.63. The number of carboxylic acids is 1. The van der Waals surface area contributed by atoms with Crippen molar-refractivity contribution in [2.45, 2.75) is 39.2 Å². The van der Waals surface area contributed by atoms with Gasteiger partial charge in [0.1, 0.15) is 5.75 Å². The van der Waals surface area contributed by atoms with E-state index in [-0.39, 0.29) is 11.3 Å². The first kappa shape index (κ1) is 18.1. The van der Waals surface area contributed by atoms with Crippen LogP contribution in [0, 0.1) is 10.8 Å². The standard InChI is InChI=1S/C16H22Cl2O3/c1-15(2,3)14(18)16(4,10-17)12(13(19)20)21-11-8-6-5-7-9-11/h5-9,12,14H,10H2,1-4H3,(H,19,20).